The molecule has 138 valence electrons. The van der Waals surface area contributed by atoms with Gasteiger partial charge in [0, 0.05) is 43.6 Å². The molecule has 1 aliphatic rings. The van der Waals surface area contributed by atoms with E-state index >= 15 is 0 Å². The zero-order valence-electron chi connectivity index (χ0n) is 14.9. The molecule has 1 fully saturated rings. The van der Waals surface area contributed by atoms with E-state index in [9.17, 15) is 4.39 Å². The Hall–Kier alpha value is -2.93. The van der Waals surface area contributed by atoms with Crippen molar-refractivity contribution < 1.29 is 4.39 Å². The molecule has 0 saturated carbocycles. The first-order valence-corrected chi connectivity index (χ1v) is 9.09. The number of nitrogens with zero attached hydrogens (tertiary/aromatic N) is 5. The highest BCUT2D eigenvalue weighted by Crippen LogP contribution is 2.19. The smallest absolute Gasteiger partial charge is 0.226 e. The van der Waals surface area contributed by atoms with Crippen LogP contribution in [0.5, 0.6) is 0 Å². The number of piperidine rings is 1. The van der Waals surface area contributed by atoms with Gasteiger partial charge in [-0.05, 0) is 36.6 Å². The highest BCUT2D eigenvalue weighted by atomic mass is 19.1. The monoisotopic (exact) mass is 364 g/mol. The van der Waals surface area contributed by atoms with Gasteiger partial charge in [-0.15, -0.1) is 0 Å². The zero-order valence-corrected chi connectivity index (χ0v) is 14.9. The van der Waals surface area contributed by atoms with Gasteiger partial charge in [0.2, 0.25) is 5.95 Å². The van der Waals surface area contributed by atoms with Crippen LogP contribution in [0.25, 0.3) is 11.4 Å². The van der Waals surface area contributed by atoms with Crippen molar-refractivity contribution in [1.29, 1.82) is 0 Å². The van der Waals surface area contributed by atoms with Crippen LogP contribution in [0.4, 0.5) is 10.3 Å². The molecule has 3 aromatic rings. The van der Waals surface area contributed by atoms with Gasteiger partial charge in [0.1, 0.15) is 12.1 Å². The molecule has 4 rings (SSSR count). The Kier molecular flexibility index (Phi) is 5.29. The third-order valence-corrected chi connectivity index (χ3v) is 4.70. The van der Waals surface area contributed by atoms with Gasteiger partial charge in [-0.1, -0.05) is 18.2 Å². The number of likely N-dealkylation sites (tertiary alicyclic amines) is 1. The van der Waals surface area contributed by atoms with Crippen LogP contribution >= 0.6 is 0 Å². The summed E-state index contributed by atoms with van der Waals surface area (Å²) in [5.74, 6) is 0.708. The number of rotatable bonds is 5. The van der Waals surface area contributed by atoms with E-state index in [0.717, 1.165) is 32.5 Å². The first kappa shape index (κ1) is 17.5. The number of hydrogen-bond acceptors (Lipinski definition) is 6. The predicted octanol–water partition coefficient (Wildman–Crippen LogP) is 3.15. The second-order valence-electron chi connectivity index (χ2n) is 6.70. The Morgan fingerprint density at radius 3 is 2.78 bits per heavy atom. The molecule has 1 aromatic carbocycles. The predicted molar refractivity (Wildman–Crippen MR) is 101 cm³/mol. The lowest BCUT2D eigenvalue weighted by Gasteiger charge is -2.32. The van der Waals surface area contributed by atoms with Crippen molar-refractivity contribution in [1.82, 2.24) is 24.8 Å². The molecule has 0 atom stereocenters. The van der Waals surface area contributed by atoms with E-state index in [-0.39, 0.29) is 5.82 Å². The fraction of sp³-hybridized carbons (Fsp3) is 0.300. The van der Waals surface area contributed by atoms with Crippen LogP contribution in [0, 0.1) is 5.82 Å². The third-order valence-electron chi connectivity index (χ3n) is 4.70. The lowest BCUT2D eigenvalue weighted by atomic mass is 10.0. The summed E-state index contributed by atoms with van der Waals surface area (Å²) in [5.41, 5.74) is 1.88. The highest BCUT2D eigenvalue weighted by molar-refractivity contribution is 5.55. The minimum absolute atomic E-state index is 0.302. The van der Waals surface area contributed by atoms with Gasteiger partial charge in [-0.3, -0.25) is 9.88 Å². The Labute approximate surface area is 157 Å². The fourth-order valence-corrected chi connectivity index (χ4v) is 3.30. The molecule has 7 heteroatoms. The number of aromatic nitrogens is 4. The number of nitrogens with one attached hydrogen (secondary N) is 1. The molecule has 1 saturated heterocycles. The van der Waals surface area contributed by atoms with Crippen molar-refractivity contribution in [2.24, 2.45) is 0 Å². The zero-order chi connectivity index (χ0) is 18.5. The summed E-state index contributed by atoms with van der Waals surface area (Å²) >= 11 is 0. The molecular weight excluding hydrogens is 343 g/mol. The largest absolute Gasteiger partial charge is 0.351 e. The molecule has 6 nitrogen and oxygen atoms in total. The van der Waals surface area contributed by atoms with Crippen LogP contribution in [-0.2, 0) is 6.54 Å². The molecule has 3 heterocycles. The molecule has 0 radical (unpaired) electrons. The van der Waals surface area contributed by atoms with Crippen molar-refractivity contribution >= 4 is 5.95 Å². The van der Waals surface area contributed by atoms with E-state index in [0.29, 0.717) is 23.4 Å². The summed E-state index contributed by atoms with van der Waals surface area (Å²) in [7, 11) is 0. The molecule has 0 spiro atoms. The maximum absolute atomic E-state index is 13.4. The Bertz CT molecular complexity index is 880. The molecule has 0 amide bonds. The Morgan fingerprint density at radius 2 is 2.00 bits per heavy atom. The average Bonchev–Trinajstić information content (AvgIpc) is 2.71. The Balaban J connectivity index is 1.35. The van der Waals surface area contributed by atoms with Crippen LogP contribution in [0.1, 0.15) is 18.4 Å². The van der Waals surface area contributed by atoms with E-state index in [4.69, 9.17) is 0 Å². The SMILES string of the molecule is Fc1cccc(-c2ncnc(NC3CCN(Cc4cccnc4)CC3)n2)c1. The summed E-state index contributed by atoms with van der Waals surface area (Å²) in [6, 6.07) is 10.7. The lowest BCUT2D eigenvalue weighted by Crippen LogP contribution is -2.39. The molecular formula is C20H21FN6. The summed E-state index contributed by atoms with van der Waals surface area (Å²) in [6.45, 7) is 2.94. The van der Waals surface area contributed by atoms with E-state index in [2.05, 4.69) is 36.2 Å². The van der Waals surface area contributed by atoms with Crippen molar-refractivity contribution in [3.05, 3.63) is 66.5 Å². The lowest BCUT2D eigenvalue weighted by molar-refractivity contribution is 0.211. The summed E-state index contributed by atoms with van der Waals surface area (Å²) in [4.78, 5) is 19.4. The van der Waals surface area contributed by atoms with E-state index in [1.165, 1.54) is 24.0 Å². The molecule has 0 aliphatic carbocycles. The second kappa shape index (κ2) is 8.18. The minimum atomic E-state index is -0.302. The first-order chi connectivity index (χ1) is 13.3. The number of pyridine rings is 1. The molecule has 1 aliphatic heterocycles. The number of benzene rings is 1. The van der Waals surface area contributed by atoms with E-state index in [1.54, 1.807) is 18.3 Å². The van der Waals surface area contributed by atoms with Crippen molar-refractivity contribution in [2.75, 3.05) is 18.4 Å². The minimum Gasteiger partial charge on any atom is -0.351 e. The normalized spacial score (nSPS) is 15.6. The molecule has 27 heavy (non-hydrogen) atoms. The summed E-state index contributed by atoms with van der Waals surface area (Å²) in [5, 5.41) is 3.40. The Morgan fingerprint density at radius 1 is 1.11 bits per heavy atom. The third kappa shape index (κ3) is 4.62. The summed E-state index contributed by atoms with van der Waals surface area (Å²) < 4.78 is 13.4. The number of halogens is 1. The number of anilines is 1. The van der Waals surface area contributed by atoms with Crippen molar-refractivity contribution in [3.8, 4) is 11.4 Å². The molecule has 2 aromatic heterocycles. The van der Waals surface area contributed by atoms with Crippen LogP contribution in [-0.4, -0.2) is 44.0 Å². The molecule has 0 bridgehead atoms. The molecule has 0 unspecified atom stereocenters. The quantitative estimate of drug-likeness (QED) is 0.750. The summed E-state index contributed by atoms with van der Waals surface area (Å²) in [6.07, 6.45) is 7.21. The van der Waals surface area contributed by atoms with Crippen LogP contribution in [0.3, 0.4) is 0 Å². The maximum Gasteiger partial charge on any atom is 0.226 e. The van der Waals surface area contributed by atoms with Gasteiger partial charge in [-0.2, -0.15) is 4.98 Å². The average molecular weight is 364 g/mol. The standard InChI is InChI=1S/C20H21FN6/c21-17-5-1-4-16(11-17)19-23-14-24-20(26-19)25-18-6-9-27(10-7-18)13-15-3-2-8-22-12-15/h1-5,8,11-12,14,18H,6-7,9-10,13H2,(H,23,24,25,26). The molecule has 1 N–H and O–H groups in total. The van der Waals surface area contributed by atoms with Crippen LogP contribution in [0.2, 0.25) is 0 Å². The van der Waals surface area contributed by atoms with Crippen molar-refractivity contribution in [3.63, 3.8) is 0 Å². The van der Waals surface area contributed by atoms with Gasteiger partial charge in [0.15, 0.2) is 5.82 Å². The van der Waals surface area contributed by atoms with Crippen molar-refractivity contribution in [2.45, 2.75) is 25.4 Å². The van der Waals surface area contributed by atoms with Gasteiger partial charge >= 0.3 is 0 Å². The first-order valence-electron chi connectivity index (χ1n) is 9.09. The van der Waals surface area contributed by atoms with Gasteiger partial charge < -0.3 is 5.32 Å². The highest BCUT2D eigenvalue weighted by Gasteiger charge is 2.20. The van der Waals surface area contributed by atoms with Crippen LogP contribution < -0.4 is 5.32 Å². The van der Waals surface area contributed by atoms with Gasteiger partial charge in [0.05, 0.1) is 0 Å². The van der Waals surface area contributed by atoms with Gasteiger partial charge in [0.25, 0.3) is 0 Å². The maximum atomic E-state index is 13.4. The fourth-order valence-electron chi connectivity index (χ4n) is 3.30. The topological polar surface area (TPSA) is 66.8 Å². The van der Waals surface area contributed by atoms with Crippen LogP contribution in [0.15, 0.2) is 55.1 Å². The number of hydrogen-bond donors (Lipinski definition) is 1. The second-order valence-corrected chi connectivity index (χ2v) is 6.70. The van der Waals surface area contributed by atoms with E-state index < -0.39 is 0 Å². The van der Waals surface area contributed by atoms with E-state index in [1.807, 2.05) is 12.3 Å². The van der Waals surface area contributed by atoms with Gasteiger partial charge in [-0.25, -0.2) is 14.4 Å².